The van der Waals surface area contributed by atoms with E-state index in [1.807, 2.05) is 15.5 Å². The molecule has 2 bridgehead atoms. The van der Waals surface area contributed by atoms with Crippen molar-refractivity contribution in [2.24, 2.45) is 17.3 Å². The predicted octanol–water partition coefficient (Wildman–Crippen LogP) is 2.58. The van der Waals surface area contributed by atoms with Crippen LogP contribution in [0.1, 0.15) is 58.1 Å². The van der Waals surface area contributed by atoms with Crippen LogP contribution in [0.15, 0.2) is 16.9 Å². The van der Waals surface area contributed by atoms with Gasteiger partial charge >= 0.3 is 0 Å². The third-order valence-electron chi connectivity index (χ3n) is 5.84. The molecule has 0 aromatic carbocycles. The maximum atomic E-state index is 12.9. The molecule has 0 spiro atoms. The van der Waals surface area contributed by atoms with Crippen LogP contribution in [0.4, 0.5) is 5.69 Å². The van der Waals surface area contributed by atoms with Crippen molar-refractivity contribution >= 4 is 17.5 Å². The molecule has 1 aromatic heterocycles. The topological polar surface area (TPSA) is 71.4 Å². The van der Waals surface area contributed by atoms with Crippen LogP contribution in [0.25, 0.3) is 0 Å². The molecule has 4 rings (SSSR count). The second-order valence-electron chi connectivity index (χ2n) is 9.69. The van der Waals surface area contributed by atoms with Crippen LogP contribution >= 0.6 is 0 Å². The first kappa shape index (κ1) is 18.3. The standard InChI is InChI=1S/C21H29N3O3/c1-21(2,3)9-18(25)23-10-13-8-15(12-23)17-7-6-16(20(27)24(17)11-13)22-19(26)14-4-5-14/h6-7,13-15H,4-5,8-12H2,1-3H3,(H,22,26)/t13-,15+/m0/s1. The Morgan fingerprint density at radius 3 is 2.56 bits per heavy atom. The lowest BCUT2D eigenvalue weighted by Gasteiger charge is -2.43. The summed E-state index contributed by atoms with van der Waals surface area (Å²) in [5, 5.41) is 2.80. The van der Waals surface area contributed by atoms with Gasteiger partial charge in [0.15, 0.2) is 0 Å². The van der Waals surface area contributed by atoms with Gasteiger partial charge in [-0.05, 0) is 42.7 Å². The predicted molar refractivity (Wildman–Crippen MR) is 104 cm³/mol. The van der Waals surface area contributed by atoms with Crippen molar-refractivity contribution in [3.8, 4) is 0 Å². The molecule has 2 fully saturated rings. The van der Waals surface area contributed by atoms with Gasteiger partial charge < -0.3 is 14.8 Å². The van der Waals surface area contributed by atoms with E-state index in [2.05, 4.69) is 26.1 Å². The minimum absolute atomic E-state index is 0.0207. The van der Waals surface area contributed by atoms with Crippen LogP contribution in [0.5, 0.6) is 0 Å². The summed E-state index contributed by atoms with van der Waals surface area (Å²) in [4.78, 5) is 39.6. The number of hydrogen-bond acceptors (Lipinski definition) is 3. The third kappa shape index (κ3) is 3.80. The highest BCUT2D eigenvalue weighted by molar-refractivity contribution is 5.93. The summed E-state index contributed by atoms with van der Waals surface area (Å²) in [6.45, 7) is 8.28. The number of rotatable bonds is 3. The van der Waals surface area contributed by atoms with Crippen LogP contribution in [0.3, 0.4) is 0 Å². The Balaban J connectivity index is 1.54. The lowest BCUT2D eigenvalue weighted by atomic mass is 9.82. The lowest BCUT2D eigenvalue weighted by Crippen LogP contribution is -2.49. The summed E-state index contributed by atoms with van der Waals surface area (Å²) in [5.74, 6) is 0.741. The van der Waals surface area contributed by atoms with Gasteiger partial charge in [0.05, 0.1) is 0 Å². The number of amides is 2. The Kier molecular flexibility index (Phi) is 4.40. The number of aromatic nitrogens is 1. The van der Waals surface area contributed by atoms with E-state index in [-0.39, 0.29) is 34.6 Å². The number of carbonyl (C=O) groups is 2. The van der Waals surface area contributed by atoms with Crippen LogP contribution in [-0.2, 0) is 16.1 Å². The fourth-order valence-electron chi connectivity index (χ4n) is 4.39. The molecule has 1 aliphatic carbocycles. The minimum Gasteiger partial charge on any atom is -0.342 e. The van der Waals surface area contributed by atoms with Gasteiger partial charge in [0.1, 0.15) is 5.69 Å². The number of carbonyl (C=O) groups excluding carboxylic acids is 2. The Labute approximate surface area is 159 Å². The first-order chi connectivity index (χ1) is 12.7. The van der Waals surface area contributed by atoms with Crippen molar-refractivity contribution in [3.05, 3.63) is 28.2 Å². The third-order valence-corrected chi connectivity index (χ3v) is 5.84. The largest absolute Gasteiger partial charge is 0.342 e. The van der Waals surface area contributed by atoms with Crippen LogP contribution in [0.2, 0.25) is 0 Å². The first-order valence-electron chi connectivity index (χ1n) is 10.0. The van der Waals surface area contributed by atoms with Crippen molar-refractivity contribution < 1.29 is 9.59 Å². The molecule has 1 aromatic rings. The number of nitrogens with zero attached hydrogens (tertiary/aromatic N) is 2. The lowest BCUT2D eigenvalue weighted by molar-refractivity contribution is -0.135. The van der Waals surface area contributed by atoms with Crippen molar-refractivity contribution in [1.82, 2.24) is 9.47 Å². The molecule has 27 heavy (non-hydrogen) atoms. The molecule has 6 nitrogen and oxygen atoms in total. The fraction of sp³-hybridized carbons (Fsp3) is 0.667. The highest BCUT2D eigenvalue weighted by Gasteiger charge is 2.37. The number of anilines is 1. The summed E-state index contributed by atoms with van der Waals surface area (Å²) in [6, 6.07) is 3.70. The van der Waals surface area contributed by atoms with E-state index in [0.29, 0.717) is 31.1 Å². The zero-order valence-electron chi connectivity index (χ0n) is 16.5. The average molecular weight is 371 g/mol. The Bertz CT molecular complexity index is 832. The SMILES string of the molecule is CC(C)(C)CC(=O)N1C[C@@H]2C[C@H](C1)c1ccc(NC(=O)C3CC3)c(=O)n1C2. The second kappa shape index (κ2) is 6.50. The van der Waals surface area contributed by atoms with Crippen molar-refractivity contribution in [3.63, 3.8) is 0 Å². The Morgan fingerprint density at radius 1 is 1.15 bits per heavy atom. The number of pyridine rings is 1. The van der Waals surface area contributed by atoms with Crippen molar-refractivity contribution in [2.75, 3.05) is 18.4 Å². The zero-order valence-corrected chi connectivity index (χ0v) is 16.5. The highest BCUT2D eigenvalue weighted by atomic mass is 16.2. The molecular formula is C21H29N3O3. The van der Waals surface area contributed by atoms with E-state index in [4.69, 9.17) is 0 Å². The van der Waals surface area contributed by atoms with Gasteiger partial charge in [-0.15, -0.1) is 0 Å². The van der Waals surface area contributed by atoms with Crippen molar-refractivity contribution in [2.45, 2.75) is 58.9 Å². The molecule has 0 unspecified atom stereocenters. The van der Waals surface area contributed by atoms with E-state index in [0.717, 1.165) is 31.5 Å². The van der Waals surface area contributed by atoms with Gasteiger partial charge in [-0.1, -0.05) is 20.8 Å². The molecule has 2 amide bonds. The fourth-order valence-corrected chi connectivity index (χ4v) is 4.39. The number of nitrogens with one attached hydrogen (secondary N) is 1. The maximum Gasteiger partial charge on any atom is 0.274 e. The average Bonchev–Trinajstić information content (AvgIpc) is 3.41. The summed E-state index contributed by atoms with van der Waals surface area (Å²) < 4.78 is 1.83. The van der Waals surface area contributed by atoms with E-state index in [1.54, 1.807) is 6.07 Å². The van der Waals surface area contributed by atoms with E-state index in [1.165, 1.54) is 0 Å². The smallest absolute Gasteiger partial charge is 0.274 e. The molecule has 6 heteroatoms. The molecule has 1 N–H and O–H groups in total. The molecule has 146 valence electrons. The molecule has 1 saturated heterocycles. The summed E-state index contributed by atoms with van der Waals surface area (Å²) >= 11 is 0. The quantitative estimate of drug-likeness (QED) is 0.888. The summed E-state index contributed by atoms with van der Waals surface area (Å²) in [7, 11) is 0. The molecule has 3 heterocycles. The van der Waals surface area contributed by atoms with E-state index in [9.17, 15) is 14.4 Å². The molecular weight excluding hydrogens is 342 g/mol. The maximum absolute atomic E-state index is 12.9. The van der Waals surface area contributed by atoms with Gasteiger partial charge in [0, 0.05) is 43.6 Å². The van der Waals surface area contributed by atoms with Gasteiger partial charge in [0.25, 0.3) is 5.56 Å². The Hall–Kier alpha value is -2.11. The number of likely N-dealkylation sites (tertiary alicyclic amines) is 1. The van der Waals surface area contributed by atoms with Gasteiger partial charge in [-0.25, -0.2) is 0 Å². The van der Waals surface area contributed by atoms with Crippen LogP contribution in [-0.4, -0.2) is 34.4 Å². The zero-order chi connectivity index (χ0) is 19.3. The second-order valence-corrected chi connectivity index (χ2v) is 9.69. The highest BCUT2D eigenvalue weighted by Crippen LogP contribution is 2.36. The van der Waals surface area contributed by atoms with Gasteiger partial charge in [0.2, 0.25) is 11.8 Å². The molecule has 3 aliphatic rings. The normalized spacial score (nSPS) is 24.3. The Morgan fingerprint density at radius 2 is 1.89 bits per heavy atom. The monoisotopic (exact) mass is 371 g/mol. The van der Waals surface area contributed by atoms with Gasteiger partial charge in [-0.2, -0.15) is 0 Å². The summed E-state index contributed by atoms with van der Waals surface area (Å²) in [6.07, 6.45) is 3.40. The van der Waals surface area contributed by atoms with Gasteiger partial charge in [-0.3, -0.25) is 14.4 Å². The van der Waals surface area contributed by atoms with Crippen molar-refractivity contribution in [1.29, 1.82) is 0 Å². The number of piperidine rings is 1. The molecule has 2 aliphatic heterocycles. The molecule has 2 atom stereocenters. The molecule has 1 saturated carbocycles. The van der Waals surface area contributed by atoms with E-state index >= 15 is 0 Å². The number of hydrogen-bond donors (Lipinski definition) is 1. The summed E-state index contributed by atoms with van der Waals surface area (Å²) in [5.41, 5.74) is 1.25. The number of fused-ring (bicyclic) bond motifs is 4. The van der Waals surface area contributed by atoms with Crippen LogP contribution in [0, 0.1) is 17.3 Å². The first-order valence-corrected chi connectivity index (χ1v) is 10.0. The van der Waals surface area contributed by atoms with E-state index < -0.39 is 0 Å². The molecule has 0 radical (unpaired) electrons. The van der Waals surface area contributed by atoms with Crippen LogP contribution < -0.4 is 10.9 Å². The minimum atomic E-state index is -0.106.